The lowest BCUT2D eigenvalue weighted by atomic mass is 10.0. The highest BCUT2D eigenvalue weighted by Gasteiger charge is 2.16. The quantitative estimate of drug-likeness (QED) is 0.111. The maximum Gasteiger partial charge on any atom is 0.294 e. The summed E-state index contributed by atoms with van der Waals surface area (Å²) < 4.78 is 63.0. The molecule has 0 amide bonds. The van der Waals surface area contributed by atoms with Crippen molar-refractivity contribution < 1.29 is 46.4 Å². The summed E-state index contributed by atoms with van der Waals surface area (Å²) in [6, 6.07) is 14.0. The molecular formula is C25H20N4O10S2. The number of rotatable bonds is 8. The largest absolute Gasteiger partial charge is 0.508 e. The van der Waals surface area contributed by atoms with Gasteiger partial charge in [-0.1, -0.05) is 0 Å². The fourth-order valence-corrected chi connectivity index (χ4v) is 4.47. The Hall–Kier alpha value is -4.90. The highest BCUT2D eigenvalue weighted by molar-refractivity contribution is 7.86. The van der Waals surface area contributed by atoms with Gasteiger partial charge in [-0.2, -0.15) is 27.1 Å². The lowest BCUT2D eigenvalue weighted by Gasteiger charge is -2.11. The minimum Gasteiger partial charge on any atom is -0.508 e. The van der Waals surface area contributed by atoms with Crippen LogP contribution in [0.4, 0.5) is 22.7 Å². The van der Waals surface area contributed by atoms with Gasteiger partial charge in [-0.15, -0.1) is 10.2 Å². The van der Waals surface area contributed by atoms with Crippen molar-refractivity contribution in [2.24, 2.45) is 20.5 Å². The van der Waals surface area contributed by atoms with Crippen LogP contribution in [0.5, 0.6) is 23.0 Å². The molecule has 0 bridgehead atoms. The summed E-state index contributed by atoms with van der Waals surface area (Å²) in [4.78, 5) is -0.694. The van der Waals surface area contributed by atoms with E-state index in [9.17, 15) is 37.3 Å². The van der Waals surface area contributed by atoms with E-state index in [4.69, 9.17) is 9.11 Å². The number of nitrogens with zero attached hydrogens (tertiary/aromatic N) is 4. The maximum absolute atomic E-state index is 11.2. The van der Waals surface area contributed by atoms with Crippen LogP contribution in [0.15, 0.2) is 103 Å². The molecule has 6 N–H and O–H groups in total. The number of phenols is 4. The van der Waals surface area contributed by atoms with Crippen LogP contribution in [0.2, 0.25) is 0 Å². The van der Waals surface area contributed by atoms with Crippen LogP contribution >= 0.6 is 0 Å². The van der Waals surface area contributed by atoms with Gasteiger partial charge in [0.05, 0.1) is 26.9 Å². The number of aromatic hydroxyl groups is 4. The Morgan fingerprint density at radius 2 is 1.02 bits per heavy atom. The Kier molecular flexibility index (Phi) is 8.02. The Morgan fingerprint density at radius 1 is 0.537 bits per heavy atom. The second-order valence-corrected chi connectivity index (χ2v) is 11.3. The summed E-state index contributed by atoms with van der Waals surface area (Å²) in [5.74, 6) is -1.54. The third-order valence-electron chi connectivity index (χ3n) is 5.55. The zero-order chi connectivity index (χ0) is 29.9. The monoisotopic (exact) mass is 600 g/mol. The molecular weight excluding hydrogens is 580 g/mol. The van der Waals surface area contributed by atoms with Gasteiger partial charge < -0.3 is 20.4 Å². The summed E-state index contributed by atoms with van der Waals surface area (Å²) in [5, 5.41) is 57.0. The predicted octanol–water partition coefficient (Wildman–Crippen LogP) is 5.42. The van der Waals surface area contributed by atoms with E-state index in [0.29, 0.717) is 0 Å². The average Bonchev–Trinajstić information content (AvgIpc) is 2.89. The third kappa shape index (κ3) is 7.20. The predicted molar refractivity (Wildman–Crippen MR) is 143 cm³/mol. The van der Waals surface area contributed by atoms with E-state index in [0.717, 1.165) is 36.4 Å². The molecule has 0 radical (unpaired) electrons. The third-order valence-corrected chi connectivity index (χ3v) is 7.28. The summed E-state index contributed by atoms with van der Waals surface area (Å²) in [6.07, 6.45) is -0.181. The summed E-state index contributed by atoms with van der Waals surface area (Å²) >= 11 is 0. The molecule has 16 heteroatoms. The zero-order valence-corrected chi connectivity index (χ0v) is 22.2. The number of hydrogen-bond acceptors (Lipinski definition) is 12. The molecule has 41 heavy (non-hydrogen) atoms. The van der Waals surface area contributed by atoms with Crippen LogP contribution in [0, 0.1) is 0 Å². The van der Waals surface area contributed by atoms with Gasteiger partial charge in [0.1, 0.15) is 28.7 Å². The van der Waals surface area contributed by atoms with Crippen molar-refractivity contribution in [3.05, 3.63) is 83.9 Å². The Bertz CT molecular complexity index is 1890. The van der Waals surface area contributed by atoms with Crippen LogP contribution in [-0.4, -0.2) is 46.4 Å². The van der Waals surface area contributed by atoms with Gasteiger partial charge >= 0.3 is 0 Å². The minimum atomic E-state index is -4.40. The van der Waals surface area contributed by atoms with E-state index < -0.39 is 31.7 Å². The van der Waals surface area contributed by atoms with Crippen molar-refractivity contribution in [2.75, 3.05) is 0 Å². The Labute approximate surface area is 232 Å². The molecule has 0 unspecified atom stereocenters. The van der Waals surface area contributed by atoms with Crippen LogP contribution in [0.25, 0.3) is 0 Å². The Balaban J connectivity index is 1.64. The second kappa shape index (κ2) is 11.3. The highest BCUT2D eigenvalue weighted by atomic mass is 32.2. The lowest BCUT2D eigenvalue weighted by Crippen LogP contribution is -1.96. The second-order valence-electron chi connectivity index (χ2n) is 8.45. The molecule has 212 valence electrons. The average molecular weight is 601 g/mol. The summed E-state index contributed by atoms with van der Waals surface area (Å²) in [7, 11) is -8.79. The molecule has 0 atom stereocenters. The molecule has 0 aliphatic heterocycles. The normalized spacial score (nSPS) is 12.3. The van der Waals surface area contributed by atoms with Gasteiger partial charge in [-0.3, -0.25) is 9.11 Å². The molecule has 0 aliphatic carbocycles. The van der Waals surface area contributed by atoms with Crippen molar-refractivity contribution in [3.63, 3.8) is 0 Å². The van der Waals surface area contributed by atoms with E-state index in [-0.39, 0.29) is 61.6 Å². The van der Waals surface area contributed by atoms with E-state index >= 15 is 0 Å². The van der Waals surface area contributed by atoms with Gasteiger partial charge in [0.15, 0.2) is 0 Å². The number of hydrogen-bond donors (Lipinski definition) is 6. The Morgan fingerprint density at radius 3 is 1.51 bits per heavy atom. The van der Waals surface area contributed by atoms with Crippen molar-refractivity contribution in [2.45, 2.75) is 16.2 Å². The zero-order valence-electron chi connectivity index (χ0n) is 20.6. The summed E-state index contributed by atoms with van der Waals surface area (Å²) in [6.45, 7) is 0. The minimum absolute atomic E-state index is 0.00377. The highest BCUT2D eigenvalue weighted by Crippen LogP contribution is 2.40. The number of azo groups is 2. The molecule has 14 nitrogen and oxygen atoms in total. The molecule has 0 saturated heterocycles. The maximum atomic E-state index is 11.2. The standard InChI is InChI=1S/C25H20N4O10S2/c30-17-11-21(28-26-15-1-5-18(6-2-15)40(34,35)36)20(24(32)12-17)9-14-10-22(25(33)13-23(14)31)29-27-16-3-7-19(8-4-16)41(37,38)39/h1-8,10-13,30-33H,9H2,(H,34,35,36)(H,37,38,39). The molecule has 0 saturated carbocycles. The molecule has 0 aliphatic rings. The van der Waals surface area contributed by atoms with Gasteiger partial charge in [0.2, 0.25) is 0 Å². The van der Waals surface area contributed by atoms with E-state index in [1.165, 1.54) is 36.4 Å². The van der Waals surface area contributed by atoms with Crippen molar-refractivity contribution in [1.82, 2.24) is 0 Å². The van der Waals surface area contributed by atoms with E-state index in [1.807, 2.05) is 0 Å². The molecule has 4 rings (SSSR count). The smallest absolute Gasteiger partial charge is 0.294 e. The first-order valence-corrected chi connectivity index (χ1v) is 14.2. The lowest BCUT2D eigenvalue weighted by molar-refractivity contribution is 0.443. The first kappa shape index (κ1) is 29.1. The van der Waals surface area contributed by atoms with Gasteiger partial charge in [-0.25, -0.2) is 0 Å². The summed E-state index contributed by atoms with van der Waals surface area (Å²) in [5.41, 5.74) is 0.563. The SMILES string of the molecule is O=S(=O)(O)c1ccc(N=Nc2cc(Cc3c(O)cc(O)cc3N=Nc3ccc(S(=O)(=O)O)cc3)c(O)cc2O)cc1. The van der Waals surface area contributed by atoms with Crippen LogP contribution < -0.4 is 0 Å². The molecule has 4 aromatic rings. The van der Waals surface area contributed by atoms with E-state index in [2.05, 4.69) is 20.5 Å². The molecule has 0 heterocycles. The van der Waals surface area contributed by atoms with Crippen molar-refractivity contribution in [3.8, 4) is 23.0 Å². The fourth-order valence-electron chi connectivity index (χ4n) is 3.51. The first-order valence-electron chi connectivity index (χ1n) is 11.3. The topological polar surface area (TPSA) is 239 Å². The van der Waals surface area contributed by atoms with Gasteiger partial charge in [-0.05, 0) is 54.6 Å². The van der Waals surface area contributed by atoms with Crippen LogP contribution in [0.3, 0.4) is 0 Å². The fraction of sp³-hybridized carbons (Fsp3) is 0.0400. The van der Waals surface area contributed by atoms with Crippen molar-refractivity contribution in [1.29, 1.82) is 0 Å². The van der Waals surface area contributed by atoms with Gasteiger partial charge in [0, 0.05) is 35.7 Å². The molecule has 0 spiro atoms. The van der Waals surface area contributed by atoms with E-state index in [1.54, 1.807) is 0 Å². The van der Waals surface area contributed by atoms with Crippen molar-refractivity contribution >= 4 is 43.0 Å². The first-order chi connectivity index (χ1) is 19.2. The molecule has 0 fully saturated rings. The number of benzene rings is 4. The number of phenolic OH excluding ortho intramolecular Hbond substituents is 4. The van der Waals surface area contributed by atoms with Crippen LogP contribution in [-0.2, 0) is 26.7 Å². The molecule has 0 aromatic heterocycles. The van der Waals surface area contributed by atoms with Gasteiger partial charge in [0.25, 0.3) is 20.2 Å². The molecule has 4 aromatic carbocycles. The van der Waals surface area contributed by atoms with Crippen LogP contribution in [0.1, 0.15) is 11.1 Å².